The third-order valence-corrected chi connectivity index (χ3v) is 4.45. The van der Waals surface area contributed by atoms with Crippen LogP contribution in [0.3, 0.4) is 0 Å². The van der Waals surface area contributed by atoms with Crippen LogP contribution in [0.1, 0.15) is 16.7 Å². The minimum atomic E-state index is -0.638. The molecule has 7 heteroatoms. The Labute approximate surface area is 168 Å². The molecule has 146 valence electrons. The lowest BCUT2D eigenvalue weighted by molar-refractivity contribution is -0.142. The van der Waals surface area contributed by atoms with E-state index in [4.69, 9.17) is 25.8 Å². The van der Waals surface area contributed by atoms with Gasteiger partial charge in [-0.2, -0.15) is 0 Å². The van der Waals surface area contributed by atoms with E-state index in [0.29, 0.717) is 41.0 Å². The third-order valence-electron chi connectivity index (χ3n) is 4.17. The van der Waals surface area contributed by atoms with Crippen molar-refractivity contribution in [1.82, 2.24) is 0 Å². The maximum Gasteiger partial charge on any atom is 0.331 e. The maximum absolute atomic E-state index is 11.9. The lowest BCUT2D eigenvalue weighted by Crippen LogP contribution is -2.20. The fraction of sp³-hybridized carbons (Fsp3) is 0.238. The highest BCUT2D eigenvalue weighted by atomic mass is 35.5. The van der Waals surface area contributed by atoms with Gasteiger partial charge in [0.1, 0.15) is 13.2 Å². The van der Waals surface area contributed by atoms with E-state index in [1.54, 1.807) is 18.2 Å². The molecule has 0 saturated heterocycles. The van der Waals surface area contributed by atoms with E-state index in [1.165, 1.54) is 12.2 Å². The standard InChI is InChI=1S/C21H20ClNO5/c1-13-3-5-16(9-14(13)2)23-19(24)12-28-20(25)6-4-15-10-17(22)21-18(11-15)26-7-8-27-21/h3-6,9-11H,7-8,12H2,1-2H3,(H,23,24)/b6-4+. The van der Waals surface area contributed by atoms with Gasteiger partial charge in [0.25, 0.3) is 5.91 Å². The van der Waals surface area contributed by atoms with Crippen molar-refractivity contribution in [3.8, 4) is 11.5 Å². The lowest BCUT2D eigenvalue weighted by atomic mass is 10.1. The number of hydrogen-bond donors (Lipinski definition) is 1. The van der Waals surface area contributed by atoms with Gasteiger partial charge in [-0.1, -0.05) is 17.7 Å². The number of amides is 1. The van der Waals surface area contributed by atoms with E-state index in [0.717, 1.165) is 11.1 Å². The van der Waals surface area contributed by atoms with Gasteiger partial charge in [-0.15, -0.1) is 0 Å². The minimum absolute atomic E-state index is 0.377. The van der Waals surface area contributed by atoms with Crippen molar-refractivity contribution in [3.05, 3.63) is 58.1 Å². The number of anilines is 1. The molecule has 0 aromatic heterocycles. The molecule has 2 aromatic rings. The first kappa shape index (κ1) is 19.8. The Bertz CT molecular complexity index is 939. The second kappa shape index (κ2) is 8.80. The summed E-state index contributed by atoms with van der Waals surface area (Å²) in [7, 11) is 0. The molecule has 0 saturated carbocycles. The quantitative estimate of drug-likeness (QED) is 0.607. The molecule has 1 heterocycles. The molecule has 3 rings (SSSR count). The monoisotopic (exact) mass is 401 g/mol. The van der Waals surface area contributed by atoms with Crippen LogP contribution in [0, 0.1) is 13.8 Å². The van der Waals surface area contributed by atoms with E-state index >= 15 is 0 Å². The number of ether oxygens (including phenoxy) is 3. The van der Waals surface area contributed by atoms with Crippen LogP contribution in [0.2, 0.25) is 5.02 Å². The number of rotatable bonds is 5. The van der Waals surface area contributed by atoms with Crippen LogP contribution >= 0.6 is 11.6 Å². The fourth-order valence-corrected chi connectivity index (χ4v) is 2.87. The SMILES string of the molecule is Cc1ccc(NC(=O)COC(=O)/C=C/c2cc(Cl)c3c(c2)OCCO3)cc1C. The van der Waals surface area contributed by atoms with Gasteiger partial charge in [-0.05, 0) is 60.9 Å². The summed E-state index contributed by atoms with van der Waals surface area (Å²) in [6.45, 7) is 4.45. The number of aryl methyl sites for hydroxylation is 2. The molecule has 0 spiro atoms. The molecule has 6 nitrogen and oxygen atoms in total. The number of nitrogens with one attached hydrogen (secondary N) is 1. The second-order valence-corrected chi connectivity index (χ2v) is 6.72. The average molecular weight is 402 g/mol. The van der Waals surface area contributed by atoms with E-state index in [9.17, 15) is 9.59 Å². The fourth-order valence-electron chi connectivity index (χ4n) is 2.59. The van der Waals surface area contributed by atoms with Gasteiger partial charge in [0.2, 0.25) is 0 Å². The molecule has 0 fully saturated rings. The van der Waals surface area contributed by atoms with Crippen molar-refractivity contribution < 1.29 is 23.8 Å². The van der Waals surface area contributed by atoms with Crippen LogP contribution < -0.4 is 14.8 Å². The number of fused-ring (bicyclic) bond motifs is 1. The molecular weight excluding hydrogens is 382 g/mol. The van der Waals surface area contributed by atoms with Gasteiger partial charge >= 0.3 is 5.97 Å². The zero-order valence-electron chi connectivity index (χ0n) is 15.6. The summed E-state index contributed by atoms with van der Waals surface area (Å²) in [4.78, 5) is 23.8. The predicted molar refractivity (Wildman–Crippen MR) is 107 cm³/mol. The Kier molecular flexibility index (Phi) is 6.21. The highest BCUT2D eigenvalue weighted by molar-refractivity contribution is 6.32. The number of halogens is 1. The number of carbonyl (C=O) groups is 2. The summed E-state index contributed by atoms with van der Waals surface area (Å²) in [5.41, 5.74) is 3.51. The van der Waals surface area contributed by atoms with Crippen LogP contribution in [0.5, 0.6) is 11.5 Å². The van der Waals surface area contributed by atoms with Crippen molar-refractivity contribution in [3.63, 3.8) is 0 Å². The van der Waals surface area contributed by atoms with Gasteiger partial charge in [0.15, 0.2) is 18.1 Å². The molecule has 1 aliphatic heterocycles. The van der Waals surface area contributed by atoms with E-state index in [1.807, 2.05) is 26.0 Å². The molecule has 0 bridgehead atoms. The largest absolute Gasteiger partial charge is 0.486 e. The van der Waals surface area contributed by atoms with Crippen LogP contribution in [0.4, 0.5) is 5.69 Å². The highest BCUT2D eigenvalue weighted by Crippen LogP contribution is 2.38. The first-order valence-corrected chi connectivity index (χ1v) is 9.11. The molecule has 0 atom stereocenters. The number of esters is 1. The third kappa shape index (κ3) is 5.04. The van der Waals surface area contributed by atoms with Crippen LogP contribution in [0.25, 0.3) is 6.08 Å². The van der Waals surface area contributed by atoms with Gasteiger partial charge in [-0.3, -0.25) is 4.79 Å². The molecule has 28 heavy (non-hydrogen) atoms. The van der Waals surface area contributed by atoms with Crippen LogP contribution in [-0.4, -0.2) is 31.7 Å². The number of hydrogen-bond acceptors (Lipinski definition) is 5. The van der Waals surface area contributed by atoms with Crippen LogP contribution in [0.15, 0.2) is 36.4 Å². The zero-order chi connectivity index (χ0) is 20.1. The molecular formula is C21H20ClNO5. The molecule has 0 aliphatic carbocycles. The Morgan fingerprint density at radius 2 is 1.93 bits per heavy atom. The van der Waals surface area contributed by atoms with Gasteiger partial charge in [-0.25, -0.2) is 4.79 Å². The molecule has 1 amide bonds. The number of benzene rings is 2. The van der Waals surface area contributed by atoms with Gasteiger partial charge in [0, 0.05) is 11.8 Å². The minimum Gasteiger partial charge on any atom is -0.486 e. The topological polar surface area (TPSA) is 73.9 Å². The summed E-state index contributed by atoms with van der Waals surface area (Å²) in [5, 5.41) is 3.09. The maximum atomic E-state index is 11.9. The summed E-state index contributed by atoms with van der Waals surface area (Å²) >= 11 is 6.16. The molecule has 0 unspecified atom stereocenters. The molecule has 0 radical (unpaired) electrons. The smallest absolute Gasteiger partial charge is 0.331 e. The summed E-state index contributed by atoms with van der Waals surface area (Å²) in [5.74, 6) is -0.0242. The molecule has 1 N–H and O–H groups in total. The Morgan fingerprint density at radius 1 is 1.14 bits per heavy atom. The molecule has 1 aliphatic rings. The van der Waals surface area contributed by atoms with E-state index < -0.39 is 11.9 Å². The number of carbonyl (C=O) groups excluding carboxylic acids is 2. The lowest BCUT2D eigenvalue weighted by Gasteiger charge is -2.19. The normalized spacial score (nSPS) is 12.7. The van der Waals surface area contributed by atoms with Gasteiger partial charge in [0.05, 0.1) is 5.02 Å². The van der Waals surface area contributed by atoms with E-state index in [2.05, 4.69) is 5.32 Å². The second-order valence-electron chi connectivity index (χ2n) is 6.32. The summed E-state index contributed by atoms with van der Waals surface area (Å²) in [6, 6.07) is 8.95. The van der Waals surface area contributed by atoms with Crippen molar-refractivity contribution in [2.45, 2.75) is 13.8 Å². The van der Waals surface area contributed by atoms with Crippen molar-refractivity contribution >= 4 is 35.2 Å². The summed E-state index contributed by atoms with van der Waals surface area (Å²) in [6.07, 6.45) is 2.76. The van der Waals surface area contributed by atoms with Gasteiger partial charge < -0.3 is 19.5 Å². The Morgan fingerprint density at radius 3 is 2.71 bits per heavy atom. The van der Waals surface area contributed by atoms with Crippen molar-refractivity contribution in [2.24, 2.45) is 0 Å². The predicted octanol–water partition coefficient (Wildman–Crippen LogP) is 3.92. The van der Waals surface area contributed by atoms with Crippen molar-refractivity contribution in [2.75, 3.05) is 25.1 Å². The Hall–Kier alpha value is -2.99. The average Bonchev–Trinajstić information content (AvgIpc) is 2.68. The van der Waals surface area contributed by atoms with E-state index in [-0.39, 0.29) is 6.61 Å². The first-order valence-electron chi connectivity index (χ1n) is 8.73. The summed E-state index contributed by atoms with van der Waals surface area (Å²) < 4.78 is 15.9. The molecule has 2 aromatic carbocycles. The highest BCUT2D eigenvalue weighted by Gasteiger charge is 2.16. The first-order chi connectivity index (χ1) is 13.4. The van der Waals surface area contributed by atoms with Crippen LogP contribution in [-0.2, 0) is 14.3 Å². The zero-order valence-corrected chi connectivity index (χ0v) is 16.3. The Balaban J connectivity index is 1.53. The van der Waals surface area contributed by atoms with Crippen molar-refractivity contribution in [1.29, 1.82) is 0 Å².